The summed E-state index contributed by atoms with van der Waals surface area (Å²) in [5, 5.41) is 3.29. The summed E-state index contributed by atoms with van der Waals surface area (Å²) >= 11 is 1.39. The number of hydrogen-bond acceptors (Lipinski definition) is 5. The number of sulfonamides is 1. The quantitative estimate of drug-likeness (QED) is 0.684. The van der Waals surface area contributed by atoms with Gasteiger partial charge in [-0.15, -0.1) is 0 Å². The van der Waals surface area contributed by atoms with E-state index in [4.69, 9.17) is 0 Å². The maximum absolute atomic E-state index is 12.8. The largest absolute Gasteiger partial charge is 0.298 e. The molecular formula is C19H19N3O3S2. The molecule has 0 atom stereocenters. The molecule has 1 aromatic heterocycles. The number of amides is 1. The minimum atomic E-state index is -3.61. The number of nitrogens with one attached hydrogen (secondary N) is 2. The van der Waals surface area contributed by atoms with Gasteiger partial charge in [0.1, 0.15) is 0 Å². The van der Waals surface area contributed by atoms with Crippen molar-refractivity contribution in [1.82, 2.24) is 9.71 Å². The topological polar surface area (TPSA) is 88.2 Å². The molecule has 6 nitrogen and oxygen atoms in total. The van der Waals surface area contributed by atoms with Crippen LogP contribution >= 0.6 is 11.3 Å². The average molecular weight is 402 g/mol. The molecule has 8 heteroatoms. The minimum Gasteiger partial charge on any atom is -0.298 e. The van der Waals surface area contributed by atoms with Crippen LogP contribution in [0.4, 0.5) is 5.13 Å². The molecule has 1 heterocycles. The van der Waals surface area contributed by atoms with Gasteiger partial charge < -0.3 is 0 Å². The Labute approximate surface area is 161 Å². The van der Waals surface area contributed by atoms with E-state index in [1.165, 1.54) is 23.5 Å². The van der Waals surface area contributed by atoms with E-state index in [2.05, 4.69) is 15.0 Å². The van der Waals surface area contributed by atoms with Crippen LogP contribution in [0.5, 0.6) is 0 Å². The Morgan fingerprint density at radius 2 is 1.93 bits per heavy atom. The first-order valence-electron chi connectivity index (χ1n) is 8.64. The number of carbonyl (C=O) groups excluding carboxylic acids is 1. The molecule has 140 valence electrons. The van der Waals surface area contributed by atoms with Crippen molar-refractivity contribution in [1.29, 1.82) is 0 Å². The Morgan fingerprint density at radius 1 is 1.15 bits per heavy atom. The van der Waals surface area contributed by atoms with Crippen LogP contribution in [-0.2, 0) is 10.0 Å². The first-order chi connectivity index (χ1) is 12.8. The van der Waals surface area contributed by atoms with Gasteiger partial charge in [-0.05, 0) is 56.0 Å². The summed E-state index contributed by atoms with van der Waals surface area (Å²) in [5.74, 6) is -0.368. The third-order valence-corrected chi connectivity index (χ3v) is 6.96. The third-order valence-electron chi connectivity index (χ3n) is 4.50. The van der Waals surface area contributed by atoms with Crippen LogP contribution < -0.4 is 10.0 Å². The second-order valence-corrected chi connectivity index (χ2v) is 9.51. The second-order valence-electron chi connectivity index (χ2n) is 6.77. The highest BCUT2D eigenvalue weighted by atomic mass is 32.2. The van der Waals surface area contributed by atoms with Gasteiger partial charge in [0.25, 0.3) is 5.91 Å². The van der Waals surface area contributed by atoms with Gasteiger partial charge in [-0.2, -0.15) is 0 Å². The number of aryl methyl sites for hydroxylation is 2. The monoisotopic (exact) mass is 401 g/mol. The highest BCUT2D eigenvalue weighted by Gasteiger charge is 2.28. The van der Waals surface area contributed by atoms with Gasteiger partial charge in [-0.25, -0.2) is 18.1 Å². The summed E-state index contributed by atoms with van der Waals surface area (Å²) in [4.78, 5) is 17.3. The molecule has 0 spiro atoms. The summed E-state index contributed by atoms with van der Waals surface area (Å²) in [6, 6.07) is 10.5. The molecule has 0 bridgehead atoms. The highest BCUT2D eigenvalue weighted by molar-refractivity contribution is 7.89. The fourth-order valence-electron chi connectivity index (χ4n) is 2.81. The van der Waals surface area contributed by atoms with Crippen LogP contribution in [0, 0.1) is 13.8 Å². The maximum atomic E-state index is 12.8. The van der Waals surface area contributed by atoms with Crippen molar-refractivity contribution in [2.24, 2.45) is 0 Å². The summed E-state index contributed by atoms with van der Waals surface area (Å²) in [5.41, 5.74) is 2.93. The maximum Gasteiger partial charge on any atom is 0.257 e. The molecule has 1 aliphatic rings. The molecule has 2 N–H and O–H groups in total. The van der Waals surface area contributed by atoms with E-state index in [1.54, 1.807) is 13.0 Å². The average Bonchev–Trinajstić information content (AvgIpc) is 3.31. The van der Waals surface area contributed by atoms with Crippen LogP contribution in [0.3, 0.4) is 0 Å². The standard InChI is InChI=1S/C19H19N3O3S2/c1-11-6-9-14(27(24,25)22-13-7-8-13)10-15(11)18(23)21-19-20-17-12(2)4-3-5-16(17)26-19/h3-6,9-10,13,22H,7-8H2,1-2H3,(H,20,21,23). The third kappa shape index (κ3) is 3.73. The number of aromatic nitrogens is 1. The van der Waals surface area contributed by atoms with Gasteiger partial charge in [0.05, 0.1) is 15.1 Å². The van der Waals surface area contributed by atoms with E-state index >= 15 is 0 Å². The first kappa shape index (κ1) is 18.1. The van der Waals surface area contributed by atoms with Crippen molar-refractivity contribution in [2.75, 3.05) is 5.32 Å². The van der Waals surface area contributed by atoms with Gasteiger partial charge in [0.15, 0.2) is 5.13 Å². The smallest absolute Gasteiger partial charge is 0.257 e. The van der Waals surface area contributed by atoms with Gasteiger partial charge in [-0.1, -0.05) is 29.5 Å². The van der Waals surface area contributed by atoms with Gasteiger partial charge in [-0.3, -0.25) is 10.1 Å². The number of anilines is 1. The van der Waals surface area contributed by atoms with Crippen LogP contribution in [-0.4, -0.2) is 25.4 Å². The Bertz CT molecular complexity index is 1150. The summed E-state index contributed by atoms with van der Waals surface area (Å²) in [6.45, 7) is 3.75. The number of thiazole rings is 1. The number of hydrogen-bond donors (Lipinski definition) is 2. The molecule has 0 aliphatic heterocycles. The fraction of sp³-hybridized carbons (Fsp3) is 0.263. The summed E-state index contributed by atoms with van der Waals surface area (Å²) < 4.78 is 28.5. The van der Waals surface area contributed by atoms with Gasteiger partial charge in [0.2, 0.25) is 10.0 Å². The number of carbonyl (C=O) groups is 1. The zero-order valence-corrected chi connectivity index (χ0v) is 16.6. The summed E-state index contributed by atoms with van der Waals surface area (Å²) in [6.07, 6.45) is 1.71. The van der Waals surface area contributed by atoms with Crippen molar-refractivity contribution in [3.8, 4) is 0 Å². The molecule has 1 aliphatic carbocycles. The van der Waals surface area contributed by atoms with Crippen molar-refractivity contribution in [3.05, 3.63) is 53.1 Å². The lowest BCUT2D eigenvalue weighted by Crippen LogP contribution is -2.26. The zero-order valence-electron chi connectivity index (χ0n) is 14.9. The SMILES string of the molecule is Cc1ccc(S(=O)(=O)NC2CC2)cc1C(=O)Nc1nc2c(C)cccc2s1. The van der Waals surface area contributed by atoms with Gasteiger partial charge in [0, 0.05) is 11.6 Å². The first-order valence-corrected chi connectivity index (χ1v) is 10.9. The number of nitrogens with zero attached hydrogens (tertiary/aromatic N) is 1. The highest BCUT2D eigenvalue weighted by Crippen LogP contribution is 2.29. The van der Waals surface area contributed by atoms with E-state index in [-0.39, 0.29) is 16.8 Å². The van der Waals surface area contributed by atoms with E-state index in [1.807, 2.05) is 25.1 Å². The lowest BCUT2D eigenvalue weighted by Gasteiger charge is -2.10. The molecular weight excluding hydrogens is 382 g/mol. The predicted octanol–water partition coefficient (Wildman–Crippen LogP) is 3.61. The fourth-order valence-corrected chi connectivity index (χ4v) is 5.08. The van der Waals surface area contributed by atoms with Crippen LogP contribution in [0.25, 0.3) is 10.2 Å². The predicted molar refractivity (Wildman–Crippen MR) is 107 cm³/mol. The molecule has 1 fully saturated rings. The zero-order chi connectivity index (χ0) is 19.2. The van der Waals surface area contributed by atoms with E-state index in [0.29, 0.717) is 16.3 Å². The molecule has 27 heavy (non-hydrogen) atoms. The number of benzene rings is 2. The van der Waals surface area contributed by atoms with Crippen molar-refractivity contribution in [2.45, 2.75) is 37.6 Å². The van der Waals surface area contributed by atoms with E-state index in [0.717, 1.165) is 28.6 Å². The van der Waals surface area contributed by atoms with Crippen LogP contribution in [0.2, 0.25) is 0 Å². The molecule has 0 saturated heterocycles. The molecule has 0 unspecified atom stereocenters. The van der Waals surface area contributed by atoms with E-state index < -0.39 is 10.0 Å². The molecule has 2 aromatic carbocycles. The Morgan fingerprint density at radius 3 is 2.63 bits per heavy atom. The van der Waals surface area contributed by atoms with Gasteiger partial charge >= 0.3 is 0 Å². The Kier molecular flexibility index (Phi) is 4.49. The number of rotatable bonds is 5. The van der Waals surface area contributed by atoms with E-state index in [9.17, 15) is 13.2 Å². The normalized spacial score (nSPS) is 14.4. The summed E-state index contributed by atoms with van der Waals surface area (Å²) in [7, 11) is -3.61. The molecule has 1 amide bonds. The molecule has 0 radical (unpaired) electrons. The molecule has 1 saturated carbocycles. The van der Waals surface area contributed by atoms with Crippen LogP contribution in [0.1, 0.15) is 34.3 Å². The molecule has 4 rings (SSSR count). The number of fused-ring (bicyclic) bond motifs is 1. The number of para-hydroxylation sites is 1. The molecule has 3 aromatic rings. The van der Waals surface area contributed by atoms with Crippen molar-refractivity contribution in [3.63, 3.8) is 0 Å². The van der Waals surface area contributed by atoms with Crippen LogP contribution in [0.15, 0.2) is 41.3 Å². The van der Waals surface area contributed by atoms with Crippen molar-refractivity contribution >= 4 is 42.6 Å². The lowest BCUT2D eigenvalue weighted by atomic mass is 10.1. The van der Waals surface area contributed by atoms with Crippen molar-refractivity contribution < 1.29 is 13.2 Å². The minimum absolute atomic E-state index is 0.0135. The Balaban J connectivity index is 1.62. The Hall–Kier alpha value is -2.29. The second kappa shape index (κ2) is 6.70. The lowest BCUT2D eigenvalue weighted by molar-refractivity contribution is 0.102.